The standard InChI is InChI=1S/C12H10ClF3NO/c13-11-8(4-5-9-6-18-7-17-9)2-1-3-10(11)12(14,15)16/h1-3,9H,4-6H2. The zero-order valence-corrected chi connectivity index (χ0v) is 10.1. The van der Waals surface area contributed by atoms with E-state index in [1.807, 2.05) is 0 Å². The number of aliphatic imine (C=N–C) groups is 1. The first-order valence-electron chi connectivity index (χ1n) is 5.39. The number of hydrogen-bond donors (Lipinski definition) is 0. The molecule has 1 aromatic rings. The van der Waals surface area contributed by atoms with Crippen molar-refractivity contribution in [2.45, 2.75) is 25.1 Å². The minimum atomic E-state index is -4.42. The topological polar surface area (TPSA) is 21.6 Å². The van der Waals surface area contributed by atoms with Gasteiger partial charge in [0, 0.05) is 0 Å². The van der Waals surface area contributed by atoms with E-state index in [0.29, 0.717) is 25.0 Å². The molecule has 1 aromatic carbocycles. The molecule has 2 rings (SSSR count). The highest BCUT2D eigenvalue weighted by Gasteiger charge is 2.33. The molecule has 0 aliphatic carbocycles. The maximum absolute atomic E-state index is 12.6. The van der Waals surface area contributed by atoms with Crippen LogP contribution in [-0.2, 0) is 17.3 Å². The summed E-state index contributed by atoms with van der Waals surface area (Å²) >= 11 is 5.78. The number of halogens is 4. The molecule has 1 radical (unpaired) electrons. The summed E-state index contributed by atoms with van der Waals surface area (Å²) < 4.78 is 42.7. The second kappa shape index (κ2) is 5.18. The maximum atomic E-state index is 12.6. The molecule has 0 saturated carbocycles. The Kier molecular flexibility index (Phi) is 3.80. The SMILES string of the molecule is FC(F)(F)c1cccc(CCC2CO[C]=N2)c1Cl. The monoisotopic (exact) mass is 276 g/mol. The minimum Gasteiger partial charge on any atom is -0.472 e. The summed E-state index contributed by atoms with van der Waals surface area (Å²) in [6, 6.07) is 3.90. The Hall–Kier alpha value is -1.23. The highest BCUT2D eigenvalue weighted by atomic mass is 35.5. The molecule has 2 nitrogen and oxygen atoms in total. The van der Waals surface area contributed by atoms with E-state index in [9.17, 15) is 13.2 Å². The number of ether oxygens (including phenoxy) is 1. The Labute approximate surface area is 107 Å². The molecule has 1 heterocycles. The number of benzene rings is 1. The van der Waals surface area contributed by atoms with E-state index in [1.54, 1.807) is 6.07 Å². The highest BCUT2D eigenvalue weighted by molar-refractivity contribution is 6.32. The van der Waals surface area contributed by atoms with E-state index in [-0.39, 0.29) is 11.1 Å². The highest BCUT2D eigenvalue weighted by Crippen LogP contribution is 2.36. The fraction of sp³-hybridized carbons (Fsp3) is 0.417. The number of nitrogens with zero attached hydrogens (tertiary/aromatic N) is 1. The molecule has 1 unspecified atom stereocenters. The third-order valence-corrected chi connectivity index (χ3v) is 3.15. The zero-order valence-electron chi connectivity index (χ0n) is 9.30. The third-order valence-electron chi connectivity index (χ3n) is 2.71. The van der Waals surface area contributed by atoms with Gasteiger partial charge in [-0.25, -0.2) is 4.99 Å². The lowest BCUT2D eigenvalue weighted by Crippen LogP contribution is -2.10. The lowest BCUT2D eigenvalue weighted by molar-refractivity contribution is -0.137. The van der Waals surface area contributed by atoms with Gasteiger partial charge in [0.1, 0.15) is 6.61 Å². The number of hydrogen-bond acceptors (Lipinski definition) is 2. The summed E-state index contributed by atoms with van der Waals surface area (Å²) in [6.07, 6.45) is -1.03. The number of aryl methyl sites for hydroxylation is 1. The lowest BCUT2D eigenvalue weighted by Gasteiger charge is -2.13. The van der Waals surface area contributed by atoms with Gasteiger partial charge in [-0.05, 0) is 24.5 Å². The first-order valence-corrected chi connectivity index (χ1v) is 5.77. The van der Waals surface area contributed by atoms with Crippen molar-refractivity contribution in [3.05, 3.63) is 34.3 Å². The predicted molar refractivity (Wildman–Crippen MR) is 62.0 cm³/mol. The smallest absolute Gasteiger partial charge is 0.417 e. The van der Waals surface area contributed by atoms with E-state index < -0.39 is 11.7 Å². The average Bonchev–Trinajstić information content (AvgIpc) is 2.79. The van der Waals surface area contributed by atoms with E-state index in [2.05, 4.69) is 11.4 Å². The van der Waals surface area contributed by atoms with Gasteiger partial charge in [-0.2, -0.15) is 13.2 Å². The van der Waals surface area contributed by atoms with Gasteiger partial charge >= 0.3 is 6.18 Å². The number of alkyl halides is 3. The molecule has 97 valence electrons. The normalized spacial score (nSPS) is 19.0. The van der Waals surface area contributed by atoms with E-state index in [1.165, 1.54) is 6.07 Å². The second-order valence-corrected chi connectivity index (χ2v) is 4.38. The Bertz CT molecular complexity index is 459. The first kappa shape index (κ1) is 13.2. The van der Waals surface area contributed by atoms with Gasteiger partial charge in [-0.3, -0.25) is 0 Å². The Balaban J connectivity index is 2.11. The molecule has 0 spiro atoms. The van der Waals surface area contributed by atoms with Crippen molar-refractivity contribution in [2.75, 3.05) is 6.61 Å². The summed E-state index contributed by atoms with van der Waals surface area (Å²) in [4.78, 5) is 3.91. The van der Waals surface area contributed by atoms with Crippen molar-refractivity contribution in [1.29, 1.82) is 0 Å². The molecule has 1 aliphatic rings. The Morgan fingerprint density at radius 2 is 2.22 bits per heavy atom. The zero-order chi connectivity index (χ0) is 13.2. The van der Waals surface area contributed by atoms with Crippen LogP contribution in [0.3, 0.4) is 0 Å². The van der Waals surface area contributed by atoms with Crippen LogP contribution in [0, 0.1) is 0 Å². The van der Waals surface area contributed by atoms with Crippen molar-refractivity contribution in [3.8, 4) is 0 Å². The summed E-state index contributed by atoms with van der Waals surface area (Å²) in [6.45, 7) is 0.427. The van der Waals surface area contributed by atoms with Crippen LogP contribution in [0.2, 0.25) is 5.02 Å². The van der Waals surface area contributed by atoms with E-state index in [0.717, 1.165) is 6.07 Å². The Morgan fingerprint density at radius 3 is 2.83 bits per heavy atom. The average molecular weight is 277 g/mol. The largest absolute Gasteiger partial charge is 0.472 e. The van der Waals surface area contributed by atoms with Crippen LogP contribution in [0.1, 0.15) is 17.5 Å². The molecule has 1 aliphatic heterocycles. The predicted octanol–water partition coefficient (Wildman–Crippen LogP) is 3.60. The second-order valence-electron chi connectivity index (χ2n) is 4.00. The van der Waals surface area contributed by atoms with Crippen LogP contribution in [0.25, 0.3) is 0 Å². The van der Waals surface area contributed by atoms with E-state index >= 15 is 0 Å². The summed E-state index contributed by atoms with van der Waals surface area (Å²) in [5, 5.41) is -0.225. The molecule has 0 bridgehead atoms. The van der Waals surface area contributed by atoms with Crippen LogP contribution >= 0.6 is 11.6 Å². The van der Waals surface area contributed by atoms with Gasteiger partial charge in [0.2, 0.25) is 0 Å². The molecule has 0 fully saturated rings. The molecule has 0 amide bonds. The fourth-order valence-corrected chi connectivity index (χ4v) is 2.07. The molecular formula is C12H10ClF3NO. The van der Waals surface area contributed by atoms with Gasteiger partial charge in [-0.1, -0.05) is 23.7 Å². The molecule has 0 N–H and O–H groups in total. The first-order chi connectivity index (χ1) is 8.48. The van der Waals surface area contributed by atoms with Crippen molar-refractivity contribution in [2.24, 2.45) is 4.99 Å². The molecule has 0 saturated heterocycles. The van der Waals surface area contributed by atoms with Crippen molar-refractivity contribution in [1.82, 2.24) is 0 Å². The third kappa shape index (κ3) is 2.96. The van der Waals surface area contributed by atoms with Crippen LogP contribution in [-0.4, -0.2) is 19.0 Å². The molecular weight excluding hydrogens is 267 g/mol. The van der Waals surface area contributed by atoms with Gasteiger partial charge in [0.05, 0.1) is 16.6 Å². The van der Waals surface area contributed by atoms with Crippen LogP contribution in [0.5, 0.6) is 0 Å². The van der Waals surface area contributed by atoms with Crippen LogP contribution in [0.15, 0.2) is 23.2 Å². The van der Waals surface area contributed by atoms with Gasteiger partial charge in [-0.15, -0.1) is 0 Å². The Morgan fingerprint density at radius 1 is 1.44 bits per heavy atom. The molecule has 18 heavy (non-hydrogen) atoms. The summed E-state index contributed by atoms with van der Waals surface area (Å²) in [5.74, 6) is 0. The van der Waals surface area contributed by atoms with Crippen molar-refractivity contribution < 1.29 is 17.9 Å². The fourth-order valence-electron chi connectivity index (χ4n) is 1.74. The minimum absolute atomic E-state index is 0.0457. The molecule has 6 heteroatoms. The number of rotatable bonds is 3. The van der Waals surface area contributed by atoms with Crippen LogP contribution in [0.4, 0.5) is 13.2 Å². The van der Waals surface area contributed by atoms with E-state index in [4.69, 9.17) is 16.3 Å². The molecule has 0 aromatic heterocycles. The van der Waals surface area contributed by atoms with Gasteiger partial charge in [0.15, 0.2) is 0 Å². The lowest BCUT2D eigenvalue weighted by atomic mass is 10.0. The van der Waals surface area contributed by atoms with Crippen LogP contribution < -0.4 is 0 Å². The van der Waals surface area contributed by atoms with Gasteiger partial charge < -0.3 is 4.74 Å². The summed E-state index contributed by atoms with van der Waals surface area (Å²) in [7, 11) is 0. The van der Waals surface area contributed by atoms with Crippen molar-refractivity contribution >= 4 is 18.0 Å². The van der Waals surface area contributed by atoms with Crippen molar-refractivity contribution in [3.63, 3.8) is 0 Å². The quantitative estimate of drug-likeness (QED) is 0.827. The molecule has 1 atom stereocenters. The maximum Gasteiger partial charge on any atom is 0.417 e. The summed E-state index contributed by atoms with van der Waals surface area (Å²) in [5.41, 5.74) is -0.312. The van der Waals surface area contributed by atoms with Gasteiger partial charge in [0.25, 0.3) is 6.40 Å².